The Labute approximate surface area is 164 Å². The monoisotopic (exact) mass is 386 g/mol. The standard InChI is InChI=1S/C21H26N2O5/c1-3-28-19-14-17(9-11-18(19)27-2)23-21(26)22-16(10-12-20(24)25)13-15-7-5-4-6-8-15/h4-9,11,14,16H,3,10,12-13H2,1-2H3,(H,24,25)(H2,22,23,26). The third-order valence-corrected chi connectivity index (χ3v) is 4.09. The second-order valence-corrected chi connectivity index (χ2v) is 6.22. The van der Waals surface area contributed by atoms with Crippen molar-refractivity contribution in [2.75, 3.05) is 19.0 Å². The number of amides is 2. The van der Waals surface area contributed by atoms with Gasteiger partial charge in [0.2, 0.25) is 0 Å². The van der Waals surface area contributed by atoms with Crippen LogP contribution in [0.3, 0.4) is 0 Å². The van der Waals surface area contributed by atoms with Crippen molar-refractivity contribution in [1.82, 2.24) is 5.32 Å². The molecule has 0 saturated carbocycles. The number of anilines is 1. The van der Waals surface area contributed by atoms with Crippen molar-refractivity contribution in [2.24, 2.45) is 0 Å². The molecule has 2 aromatic rings. The number of hydrogen-bond donors (Lipinski definition) is 3. The van der Waals surface area contributed by atoms with Gasteiger partial charge in [0.05, 0.1) is 13.7 Å². The summed E-state index contributed by atoms with van der Waals surface area (Å²) in [6, 6.07) is 14.0. The molecule has 0 fully saturated rings. The molecule has 0 aromatic heterocycles. The quantitative estimate of drug-likeness (QED) is 0.579. The summed E-state index contributed by atoms with van der Waals surface area (Å²) in [6.45, 7) is 2.34. The van der Waals surface area contributed by atoms with Crippen molar-refractivity contribution in [1.29, 1.82) is 0 Å². The van der Waals surface area contributed by atoms with Crippen LogP contribution in [0.15, 0.2) is 48.5 Å². The Morgan fingerprint density at radius 2 is 1.86 bits per heavy atom. The highest BCUT2D eigenvalue weighted by atomic mass is 16.5. The predicted molar refractivity (Wildman–Crippen MR) is 107 cm³/mol. The highest BCUT2D eigenvalue weighted by molar-refractivity contribution is 5.90. The summed E-state index contributed by atoms with van der Waals surface area (Å²) in [6.07, 6.45) is 0.869. The van der Waals surface area contributed by atoms with Gasteiger partial charge in [-0.25, -0.2) is 4.79 Å². The molecule has 3 N–H and O–H groups in total. The van der Waals surface area contributed by atoms with Gasteiger partial charge in [-0.2, -0.15) is 0 Å². The van der Waals surface area contributed by atoms with E-state index in [1.54, 1.807) is 25.3 Å². The molecule has 0 heterocycles. The van der Waals surface area contributed by atoms with E-state index in [9.17, 15) is 9.59 Å². The number of urea groups is 1. The van der Waals surface area contributed by atoms with Gasteiger partial charge in [0, 0.05) is 24.2 Å². The third-order valence-electron chi connectivity index (χ3n) is 4.09. The van der Waals surface area contributed by atoms with Crippen molar-refractivity contribution in [3.63, 3.8) is 0 Å². The Balaban J connectivity index is 2.03. The minimum absolute atomic E-state index is 0.0190. The number of carbonyl (C=O) groups is 2. The van der Waals surface area contributed by atoms with Crippen LogP contribution >= 0.6 is 0 Å². The normalized spacial score (nSPS) is 11.4. The molecule has 2 aromatic carbocycles. The smallest absolute Gasteiger partial charge is 0.319 e. The minimum atomic E-state index is -0.892. The van der Waals surface area contributed by atoms with E-state index in [1.807, 2.05) is 37.3 Å². The first kappa shape index (κ1) is 21.1. The van der Waals surface area contributed by atoms with E-state index < -0.39 is 12.0 Å². The number of carboxylic acid groups (broad SMARTS) is 1. The molecule has 2 amide bonds. The van der Waals surface area contributed by atoms with Crippen molar-refractivity contribution in [3.8, 4) is 11.5 Å². The van der Waals surface area contributed by atoms with E-state index in [0.29, 0.717) is 36.6 Å². The van der Waals surface area contributed by atoms with Crippen LogP contribution < -0.4 is 20.1 Å². The number of hydrogen-bond acceptors (Lipinski definition) is 4. The van der Waals surface area contributed by atoms with Gasteiger partial charge in [0.1, 0.15) is 0 Å². The highest BCUT2D eigenvalue weighted by Crippen LogP contribution is 2.30. The second-order valence-electron chi connectivity index (χ2n) is 6.22. The molecule has 0 aliphatic carbocycles. The maximum absolute atomic E-state index is 12.4. The summed E-state index contributed by atoms with van der Waals surface area (Å²) in [7, 11) is 1.55. The van der Waals surface area contributed by atoms with Gasteiger partial charge in [-0.1, -0.05) is 30.3 Å². The van der Waals surface area contributed by atoms with Crippen molar-refractivity contribution >= 4 is 17.7 Å². The maximum atomic E-state index is 12.4. The second kappa shape index (κ2) is 10.8. The van der Waals surface area contributed by atoms with Crippen LogP contribution in [0.5, 0.6) is 11.5 Å². The molecule has 1 unspecified atom stereocenters. The molecule has 0 aliphatic heterocycles. The zero-order chi connectivity index (χ0) is 20.4. The van der Waals surface area contributed by atoms with Crippen molar-refractivity contribution in [3.05, 3.63) is 54.1 Å². The van der Waals surface area contributed by atoms with Gasteiger partial charge in [-0.05, 0) is 37.5 Å². The van der Waals surface area contributed by atoms with Crippen LogP contribution in [0, 0.1) is 0 Å². The lowest BCUT2D eigenvalue weighted by atomic mass is 10.0. The van der Waals surface area contributed by atoms with Crippen LogP contribution in [0.4, 0.5) is 10.5 Å². The van der Waals surface area contributed by atoms with E-state index in [2.05, 4.69) is 10.6 Å². The van der Waals surface area contributed by atoms with Gasteiger partial charge in [0.15, 0.2) is 11.5 Å². The molecule has 0 spiro atoms. The first-order valence-corrected chi connectivity index (χ1v) is 9.16. The molecule has 7 heteroatoms. The Kier molecular flexibility index (Phi) is 8.14. The van der Waals surface area contributed by atoms with Gasteiger partial charge in [-0.3, -0.25) is 4.79 Å². The number of aliphatic carboxylic acids is 1. The first-order valence-electron chi connectivity index (χ1n) is 9.16. The molecule has 0 aliphatic rings. The number of benzene rings is 2. The molecule has 0 bridgehead atoms. The molecule has 7 nitrogen and oxygen atoms in total. The van der Waals surface area contributed by atoms with E-state index in [0.717, 1.165) is 5.56 Å². The predicted octanol–water partition coefficient (Wildman–Crippen LogP) is 3.69. The SMILES string of the molecule is CCOc1cc(NC(=O)NC(CCC(=O)O)Cc2ccccc2)ccc1OC. The van der Waals surface area contributed by atoms with Crippen molar-refractivity contribution < 1.29 is 24.2 Å². The van der Waals surface area contributed by atoms with E-state index in [4.69, 9.17) is 14.6 Å². The average Bonchev–Trinajstić information content (AvgIpc) is 2.67. The van der Waals surface area contributed by atoms with Crippen LogP contribution in [-0.2, 0) is 11.2 Å². The van der Waals surface area contributed by atoms with E-state index in [1.165, 1.54) is 0 Å². The number of rotatable bonds is 10. The topological polar surface area (TPSA) is 96.9 Å². The van der Waals surface area contributed by atoms with E-state index in [-0.39, 0.29) is 12.5 Å². The molecule has 1 atom stereocenters. The van der Waals surface area contributed by atoms with Gasteiger partial charge < -0.3 is 25.2 Å². The fourth-order valence-electron chi connectivity index (χ4n) is 2.80. The Morgan fingerprint density at radius 1 is 1.11 bits per heavy atom. The zero-order valence-electron chi connectivity index (χ0n) is 16.1. The molecular formula is C21H26N2O5. The molecule has 0 radical (unpaired) electrons. The molecule has 28 heavy (non-hydrogen) atoms. The average molecular weight is 386 g/mol. The summed E-state index contributed by atoms with van der Waals surface area (Å²) < 4.78 is 10.7. The number of methoxy groups -OCH3 is 1. The fourth-order valence-corrected chi connectivity index (χ4v) is 2.80. The molecular weight excluding hydrogens is 360 g/mol. The van der Waals surface area contributed by atoms with E-state index >= 15 is 0 Å². The van der Waals surface area contributed by atoms with Gasteiger partial charge >= 0.3 is 12.0 Å². The van der Waals surface area contributed by atoms with Crippen LogP contribution in [-0.4, -0.2) is 36.9 Å². The third kappa shape index (κ3) is 6.83. The Bertz CT molecular complexity index is 780. The maximum Gasteiger partial charge on any atom is 0.319 e. The minimum Gasteiger partial charge on any atom is -0.493 e. The van der Waals surface area contributed by atoms with Crippen LogP contribution in [0.1, 0.15) is 25.3 Å². The van der Waals surface area contributed by atoms with Gasteiger partial charge in [0.25, 0.3) is 0 Å². The lowest BCUT2D eigenvalue weighted by Crippen LogP contribution is -2.39. The summed E-state index contributed by atoms with van der Waals surface area (Å²) >= 11 is 0. The number of carboxylic acids is 1. The summed E-state index contributed by atoms with van der Waals surface area (Å²) in [4.78, 5) is 23.4. The van der Waals surface area contributed by atoms with Crippen LogP contribution in [0.2, 0.25) is 0 Å². The molecule has 0 saturated heterocycles. The van der Waals surface area contributed by atoms with Crippen LogP contribution in [0.25, 0.3) is 0 Å². The lowest BCUT2D eigenvalue weighted by molar-refractivity contribution is -0.137. The first-order chi connectivity index (χ1) is 13.5. The lowest BCUT2D eigenvalue weighted by Gasteiger charge is -2.19. The van der Waals surface area contributed by atoms with Gasteiger partial charge in [-0.15, -0.1) is 0 Å². The van der Waals surface area contributed by atoms with Crippen molar-refractivity contribution in [2.45, 2.75) is 32.2 Å². The summed E-state index contributed by atoms with van der Waals surface area (Å²) in [5.41, 5.74) is 1.58. The summed E-state index contributed by atoms with van der Waals surface area (Å²) in [5, 5.41) is 14.6. The number of ether oxygens (including phenoxy) is 2. The highest BCUT2D eigenvalue weighted by Gasteiger charge is 2.15. The summed E-state index contributed by atoms with van der Waals surface area (Å²) in [5.74, 6) is 0.225. The zero-order valence-corrected chi connectivity index (χ0v) is 16.1. The molecule has 150 valence electrons. The largest absolute Gasteiger partial charge is 0.493 e. The number of nitrogens with one attached hydrogen (secondary N) is 2. The molecule has 2 rings (SSSR count). The fraction of sp³-hybridized carbons (Fsp3) is 0.333. The Hall–Kier alpha value is -3.22. The number of carbonyl (C=O) groups excluding carboxylic acids is 1. The Morgan fingerprint density at radius 3 is 2.50 bits per heavy atom.